The highest BCUT2D eigenvalue weighted by Crippen LogP contribution is 2.46. The molecule has 1 rings (SSSR count). The van der Waals surface area contributed by atoms with Crippen LogP contribution in [0.5, 0.6) is 0 Å². The summed E-state index contributed by atoms with van der Waals surface area (Å²) in [4.78, 5) is 9.30. The van der Waals surface area contributed by atoms with Gasteiger partial charge < -0.3 is 15.1 Å². The number of aliphatic imine (C=N–C) groups is 1. The zero-order chi connectivity index (χ0) is 15.4. The third-order valence-corrected chi connectivity index (χ3v) is 5.18. The van der Waals surface area contributed by atoms with Crippen molar-refractivity contribution in [3.05, 3.63) is 0 Å². The van der Waals surface area contributed by atoms with E-state index in [0.717, 1.165) is 38.7 Å². The number of likely N-dealkylation sites (tertiary alicyclic amines) is 1. The number of hydrogen-bond donors (Lipinski definition) is 1. The highest BCUT2D eigenvalue weighted by Gasteiger charge is 2.53. The lowest BCUT2D eigenvalue weighted by atomic mass is 9.65. The fourth-order valence-electron chi connectivity index (χ4n) is 2.74. The summed E-state index contributed by atoms with van der Waals surface area (Å²) in [5.74, 6) is 1.05. The molecule has 1 N–H and O–H groups in total. The minimum Gasteiger partial charge on any atom is -0.356 e. The molecule has 0 aromatic heterocycles. The van der Waals surface area contributed by atoms with Crippen LogP contribution in [0.2, 0.25) is 0 Å². The zero-order valence-electron chi connectivity index (χ0n) is 14.6. The van der Waals surface area contributed by atoms with Gasteiger partial charge in [0.25, 0.3) is 0 Å². The van der Waals surface area contributed by atoms with Crippen molar-refractivity contribution >= 4 is 5.96 Å². The smallest absolute Gasteiger partial charge is 0.194 e. The minimum absolute atomic E-state index is 0.174. The quantitative estimate of drug-likeness (QED) is 0.461. The first kappa shape index (κ1) is 17.3. The van der Waals surface area contributed by atoms with Crippen molar-refractivity contribution in [2.24, 2.45) is 10.4 Å². The van der Waals surface area contributed by atoms with E-state index in [-0.39, 0.29) is 5.54 Å². The first-order valence-electron chi connectivity index (χ1n) is 8.00. The van der Waals surface area contributed by atoms with Gasteiger partial charge in [-0.25, -0.2) is 0 Å². The number of nitrogens with zero attached hydrogens (tertiary/aromatic N) is 3. The second-order valence-electron chi connectivity index (χ2n) is 6.88. The molecule has 1 saturated heterocycles. The van der Waals surface area contributed by atoms with E-state index in [1.807, 2.05) is 7.05 Å². The van der Waals surface area contributed by atoms with E-state index in [9.17, 15) is 0 Å². The molecule has 1 heterocycles. The molecule has 1 aliphatic heterocycles. The van der Waals surface area contributed by atoms with Crippen LogP contribution in [-0.2, 0) is 0 Å². The number of hydrogen-bond acceptors (Lipinski definition) is 2. The van der Waals surface area contributed by atoms with E-state index in [4.69, 9.17) is 0 Å². The Balaban J connectivity index is 2.39. The van der Waals surface area contributed by atoms with Crippen LogP contribution in [0, 0.1) is 5.41 Å². The van der Waals surface area contributed by atoms with E-state index < -0.39 is 0 Å². The van der Waals surface area contributed by atoms with Gasteiger partial charge in [0.1, 0.15) is 0 Å². The lowest BCUT2D eigenvalue weighted by Gasteiger charge is -2.62. The number of nitrogens with one attached hydrogen (secondary N) is 1. The molecular formula is C16H34N4. The molecule has 1 aliphatic rings. The van der Waals surface area contributed by atoms with Gasteiger partial charge in [0.15, 0.2) is 5.96 Å². The summed E-state index contributed by atoms with van der Waals surface area (Å²) in [5.41, 5.74) is 0.527. The second-order valence-corrected chi connectivity index (χ2v) is 6.88. The monoisotopic (exact) mass is 282 g/mol. The third kappa shape index (κ3) is 3.46. The van der Waals surface area contributed by atoms with Gasteiger partial charge in [-0.05, 0) is 39.9 Å². The molecule has 0 radical (unpaired) electrons. The van der Waals surface area contributed by atoms with E-state index in [2.05, 4.69) is 61.7 Å². The van der Waals surface area contributed by atoms with Crippen LogP contribution in [0.15, 0.2) is 4.99 Å². The first-order chi connectivity index (χ1) is 9.30. The summed E-state index contributed by atoms with van der Waals surface area (Å²) < 4.78 is 0. The predicted molar refractivity (Wildman–Crippen MR) is 88.3 cm³/mol. The van der Waals surface area contributed by atoms with E-state index in [1.165, 1.54) is 6.42 Å². The molecule has 0 amide bonds. The standard InChI is InChI=1S/C16H34N4/c1-8-19(9-2)12-10-11-18-14(17-7)20-13-15(3,4)16(20,5)6/h8-13H2,1-7H3,(H,17,18). The summed E-state index contributed by atoms with van der Waals surface area (Å²) in [5, 5.41) is 3.52. The van der Waals surface area contributed by atoms with Gasteiger partial charge in [0, 0.05) is 31.1 Å². The molecule has 20 heavy (non-hydrogen) atoms. The molecule has 0 unspecified atom stereocenters. The molecule has 0 aromatic rings. The van der Waals surface area contributed by atoms with Crippen molar-refractivity contribution in [1.82, 2.24) is 15.1 Å². The van der Waals surface area contributed by atoms with Gasteiger partial charge >= 0.3 is 0 Å². The average Bonchev–Trinajstić information content (AvgIpc) is 2.41. The van der Waals surface area contributed by atoms with Gasteiger partial charge in [-0.1, -0.05) is 27.7 Å². The van der Waals surface area contributed by atoms with Crippen LogP contribution in [-0.4, -0.2) is 61.1 Å². The van der Waals surface area contributed by atoms with Gasteiger partial charge in [-0.15, -0.1) is 0 Å². The molecule has 0 atom stereocenters. The fraction of sp³-hybridized carbons (Fsp3) is 0.938. The van der Waals surface area contributed by atoms with Gasteiger partial charge in [0.2, 0.25) is 0 Å². The molecular weight excluding hydrogens is 248 g/mol. The SMILES string of the molecule is CCN(CC)CCCNC(=NC)N1CC(C)(C)C1(C)C. The molecule has 0 saturated carbocycles. The summed E-state index contributed by atoms with van der Waals surface area (Å²) in [6.07, 6.45) is 1.17. The second kappa shape index (κ2) is 6.79. The Morgan fingerprint density at radius 1 is 1.20 bits per heavy atom. The molecule has 0 bridgehead atoms. The number of rotatable bonds is 6. The van der Waals surface area contributed by atoms with Gasteiger partial charge in [-0.2, -0.15) is 0 Å². The Labute approximate surface area is 125 Å². The minimum atomic E-state index is 0.174. The molecule has 4 nitrogen and oxygen atoms in total. The molecule has 0 aliphatic carbocycles. The average molecular weight is 282 g/mol. The summed E-state index contributed by atoms with van der Waals surface area (Å²) in [6, 6.07) is 0. The number of guanidine groups is 1. The topological polar surface area (TPSA) is 30.9 Å². The summed E-state index contributed by atoms with van der Waals surface area (Å²) >= 11 is 0. The van der Waals surface area contributed by atoms with Crippen LogP contribution in [0.25, 0.3) is 0 Å². The van der Waals surface area contributed by atoms with Crippen molar-refractivity contribution < 1.29 is 0 Å². The highest BCUT2D eigenvalue weighted by molar-refractivity contribution is 5.81. The summed E-state index contributed by atoms with van der Waals surface area (Å²) in [7, 11) is 1.88. The van der Waals surface area contributed by atoms with Crippen LogP contribution in [0.4, 0.5) is 0 Å². The van der Waals surface area contributed by atoms with Crippen molar-refractivity contribution in [3.63, 3.8) is 0 Å². The Kier molecular flexibility index (Phi) is 5.87. The van der Waals surface area contributed by atoms with Crippen molar-refractivity contribution in [1.29, 1.82) is 0 Å². The Hall–Kier alpha value is -0.770. The summed E-state index contributed by atoms with van der Waals surface area (Å²) in [6.45, 7) is 19.2. The maximum absolute atomic E-state index is 4.45. The van der Waals surface area contributed by atoms with E-state index >= 15 is 0 Å². The molecule has 0 spiro atoms. The molecule has 0 aromatic carbocycles. The maximum atomic E-state index is 4.45. The van der Waals surface area contributed by atoms with Gasteiger partial charge in [0.05, 0.1) is 0 Å². The maximum Gasteiger partial charge on any atom is 0.194 e. The van der Waals surface area contributed by atoms with E-state index in [0.29, 0.717) is 5.41 Å². The van der Waals surface area contributed by atoms with Crippen LogP contribution in [0.3, 0.4) is 0 Å². The molecule has 118 valence electrons. The first-order valence-corrected chi connectivity index (χ1v) is 8.00. The van der Waals surface area contributed by atoms with Crippen LogP contribution in [0.1, 0.15) is 48.0 Å². The highest BCUT2D eigenvalue weighted by atomic mass is 15.4. The largest absolute Gasteiger partial charge is 0.356 e. The third-order valence-electron chi connectivity index (χ3n) is 5.18. The normalized spacial score (nSPS) is 21.0. The van der Waals surface area contributed by atoms with Crippen molar-refractivity contribution in [2.75, 3.05) is 39.8 Å². The molecule has 4 heteroatoms. The van der Waals surface area contributed by atoms with E-state index in [1.54, 1.807) is 0 Å². The predicted octanol–water partition coefficient (Wildman–Crippen LogP) is 2.41. The lowest BCUT2D eigenvalue weighted by molar-refractivity contribution is -0.0667. The van der Waals surface area contributed by atoms with Crippen molar-refractivity contribution in [3.8, 4) is 0 Å². The molecule has 1 fully saturated rings. The Morgan fingerprint density at radius 3 is 2.20 bits per heavy atom. The van der Waals surface area contributed by atoms with Crippen LogP contribution < -0.4 is 5.32 Å². The van der Waals surface area contributed by atoms with Gasteiger partial charge in [-0.3, -0.25) is 4.99 Å². The Bertz CT molecular complexity index is 329. The fourth-order valence-corrected chi connectivity index (χ4v) is 2.74. The zero-order valence-corrected chi connectivity index (χ0v) is 14.6. The lowest BCUT2D eigenvalue weighted by Crippen LogP contribution is -2.72. The van der Waals surface area contributed by atoms with Crippen LogP contribution >= 0.6 is 0 Å². The Morgan fingerprint density at radius 2 is 1.80 bits per heavy atom. The van der Waals surface area contributed by atoms with Crippen molar-refractivity contribution in [2.45, 2.75) is 53.5 Å².